The van der Waals surface area contributed by atoms with Gasteiger partial charge >= 0.3 is 0 Å². The lowest BCUT2D eigenvalue weighted by atomic mass is 9.97. The fraction of sp³-hybridized carbons (Fsp3) is 0.235. The van der Waals surface area contributed by atoms with E-state index < -0.39 is 0 Å². The Morgan fingerprint density at radius 1 is 1.19 bits per heavy atom. The van der Waals surface area contributed by atoms with Crippen molar-refractivity contribution in [2.45, 2.75) is 25.6 Å². The van der Waals surface area contributed by atoms with Crippen LogP contribution in [0, 0.1) is 0 Å². The number of hydrogen-bond donors (Lipinski definition) is 0. The van der Waals surface area contributed by atoms with Crippen molar-refractivity contribution in [2.24, 2.45) is 5.10 Å². The fourth-order valence-corrected chi connectivity index (χ4v) is 3.23. The zero-order valence-corrected chi connectivity index (χ0v) is 12.4. The highest BCUT2D eigenvalue weighted by atomic mass is 35.5. The van der Waals surface area contributed by atoms with Crippen LogP contribution in [-0.2, 0) is 0 Å². The molecule has 2 atom stereocenters. The van der Waals surface area contributed by atoms with Crippen LogP contribution in [-0.4, -0.2) is 16.9 Å². The van der Waals surface area contributed by atoms with E-state index in [1.165, 1.54) is 5.56 Å². The van der Waals surface area contributed by atoms with Crippen LogP contribution in [0.1, 0.15) is 30.5 Å². The Balaban J connectivity index is 1.74. The summed E-state index contributed by atoms with van der Waals surface area (Å²) >= 11 is 6.15. The fourth-order valence-electron chi connectivity index (χ4n) is 3.04. The lowest BCUT2D eigenvalue weighted by Crippen LogP contribution is -2.37. The molecule has 0 aromatic heterocycles. The lowest BCUT2D eigenvalue weighted by molar-refractivity contribution is -0.00334. The second-order valence-electron chi connectivity index (χ2n) is 5.41. The molecule has 4 rings (SSSR count). The van der Waals surface area contributed by atoms with Crippen LogP contribution in [0.4, 0.5) is 0 Å². The van der Waals surface area contributed by atoms with Crippen LogP contribution >= 0.6 is 11.6 Å². The van der Waals surface area contributed by atoms with Gasteiger partial charge in [0, 0.05) is 17.0 Å². The number of hydrogen-bond acceptors (Lipinski definition) is 3. The molecular weight excluding hydrogens is 284 g/mol. The van der Waals surface area contributed by atoms with Gasteiger partial charge in [-0.25, -0.2) is 0 Å². The molecule has 0 saturated carbocycles. The Morgan fingerprint density at radius 3 is 2.81 bits per heavy atom. The molecule has 0 N–H and O–H groups in total. The standard InChI is InChI=1S/C17H15ClN2O/c1-11-20-16(14-9-13(18)7-8-17(14)21-11)10-15(19-20)12-5-3-2-4-6-12/h2-9,11,16H,10H2,1H3/t11-,16-/m1/s1. The SMILES string of the molecule is C[C@H]1Oc2ccc(Cl)cc2[C@H]2CC(c3ccccc3)=NN21. The highest BCUT2D eigenvalue weighted by molar-refractivity contribution is 6.30. The van der Waals surface area contributed by atoms with Crippen LogP contribution in [0.25, 0.3) is 0 Å². The van der Waals surface area contributed by atoms with Gasteiger partial charge in [0.15, 0.2) is 6.23 Å². The summed E-state index contributed by atoms with van der Waals surface area (Å²) in [7, 11) is 0. The highest BCUT2D eigenvalue weighted by Crippen LogP contribution is 2.43. The molecule has 0 saturated heterocycles. The van der Waals surface area contributed by atoms with Gasteiger partial charge < -0.3 is 4.74 Å². The lowest BCUT2D eigenvalue weighted by Gasteiger charge is -2.36. The Hall–Kier alpha value is -2.00. The van der Waals surface area contributed by atoms with Crippen LogP contribution in [0.3, 0.4) is 0 Å². The van der Waals surface area contributed by atoms with E-state index in [4.69, 9.17) is 21.4 Å². The van der Waals surface area contributed by atoms with Gasteiger partial charge in [0.25, 0.3) is 0 Å². The Bertz CT molecular complexity index is 714. The van der Waals surface area contributed by atoms with Crippen molar-refractivity contribution >= 4 is 17.3 Å². The number of ether oxygens (including phenoxy) is 1. The van der Waals surface area contributed by atoms with Crippen LogP contribution in [0.15, 0.2) is 53.6 Å². The first-order chi connectivity index (χ1) is 10.2. The van der Waals surface area contributed by atoms with Gasteiger partial charge in [-0.2, -0.15) is 5.10 Å². The molecule has 0 radical (unpaired) electrons. The third-order valence-corrected chi connectivity index (χ3v) is 4.29. The van der Waals surface area contributed by atoms with Gasteiger partial charge in [0.1, 0.15) is 5.75 Å². The number of hydrazone groups is 1. The van der Waals surface area contributed by atoms with Crippen molar-refractivity contribution in [3.05, 3.63) is 64.7 Å². The minimum absolute atomic E-state index is 0.0649. The first kappa shape index (κ1) is 12.7. The van der Waals surface area contributed by atoms with E-state index in [1.807, 2.05) is 48.3 Å². The van der Waals surface area contributed by atoms with E-state index in [0.29, 0.717) is 0 Å². The predicted molar refractivity (Wildman–Crippen MR) is 83.7 cm³/mol. The molecule has 0 bridgehead atoms. The van der Waals surface area contributed by atoms with Gasteiger partial charge in [-0.15, -0.1) is 0 Å². The van der Waals surface area contributed by atoms with Gasteiger partial charge in [-0.3, -0.25) is 5.01 Å². The third kappa shape index (κ3) is 2.09. The summed E-state index contributed by atoms with van der Waals surface area (Å²) in [5, 5.41) is 7.55. The van der Waals surface area contributed by atoms with Gasteiger partial charge in [-0.05, 0) is 30.7 Å². The van der Waals surface area contributed by atoms with Crippen LogP contribution < -0.4 is 4.74 Å². The molecule has 2 aromatic carbocycles. The summed E-state index contributed by atoms with van der Waals surface area (Å²) in [4.78, 5) is 0. The van der Waals surface area contributed by atoms with E-state index in [1.54, 1.807) is 0 Å². The molecule has 21 heavy (non-hydrogen) atoms. The number of benzene rings is 2. The maximum absolute atomic E-state index is 6.15. The summed E-state index contributed by atoms with van der Waals surface area (Å²) in [6.07, 6.45) is 0.815. The van der Waals surface area contributed by atoms with Crippen LogP contribution in [0.2, 0.25) is 5.02 Å². The van der Waals surface area contributed by atoms with E-state index in [2.05, 4.69) is 12.1 Å². The second-order valence-corrected chi connectivity index (χ2v) is 5.85. The molecule has 2 aromatic rings. The maximum Gasteiger partial charge on any atom is 0.185 e. The molecule has 2 aliphatic heterocycles. The molecule has 2 heterocycles. The summed E-state index contributed by atoms with van der Waals surface area (Å²) in [5.41, 5.74) is 3.39. The van der Waals surface area contributed by atoms with Crippen molar-refractivity contribution in [1.29, 1.82) is 0 Å². The van der Waals surface area contributed by atoms with E-state index in [-0.39, 0.29) is 12.3 Å². The van der Waals surface area contributed by atoms with Crippen molar-refractivity contribution in [1.82, 2.24) is 5.01 Å². The summed E-state index contributed by atoms with van der Waals surface area (Å²) < 4.78 is 5.95. The molecule has 0 spiro atoms. The first-order valence-corrected chi connectivity index (χ1v) is 7.47. The monoisotopic (exact) mass is 298 g/mol. The smallest absolute Gasteiger partial charge is 0.185 e. The van der Waals surface area contributed by atoms with Gasteiger partial charge in [0.2, 0.25) is 0 Å². The normalized spacial score (nSPS) is 23.1. The largest absolute Gasteiger partial charge is 0.469 e. The zero-order chi connectivity index (χ0) is 14.4. The van der Waals surface area contributed by atoms with Crippen LogP contribution in [0.5, 0.6) is 5.75 Å². The van der Waals surface area contributed by atoms with E-state index in [0.717, 1.165) is 28.5 Å². The van der Waals surface area contributed by atoms with Gasteiger partial charge in [-0.1, -0.05) is 41.9 Å². The topological polar surface area (TPSA) is 24.8 Å². The average molecular weight is 299 g/mol. The van der Waals surface area contributed by atoms with Crippen molar-refractivity contribution in [3.63, 3.8) is 0 Å². The second kappa shape index (κ2) is 4.78. The minimum atomic E-state index is -0.0649. The van der Waals surface area contributed by atoms with Crippen molar-refractivity contribution in [2.75, 3.05) is 0 Å². The molecule has 3 nitrogen and oxygen atoms in total. The summed E-state index contributed by atoms with van der Waals surface area (Å²) in [6, 6.07) is 16.3. The van der Waals surface area contributed by atoms with E-state index in [9.17, 15) is 0 Å². The quantitative estimate of drug-likeness (QED) is 0.787. The molecule has 106 valence electrons. The van der Waals surface area contributed by atoms with Gasteiger partial charge in [0.05, 0.1) is 11.8 Å². The summed E-state index contributed by atoms with van der Waals surface area (Å²) in [5.74, 6) is 0.915. The number of rotatable bonds is 1. The zero-order valence-electron chi connectivity index (χ0n) is 11.7. The summed E-state index contributed by atoms with van der Waals surface area (Å²) in [6.45, 7) is 2.03. The third-order valence-electron chi connectivity index (χ3n) is 4.05. The number of nitrogens with zero attached hydrogens (tertiary/aromatic N) is 2. The predicted octanol–water partition coefficient (Wildman–Crippen LogP) is 4.23. The Kier molecular flexibility index (Phi) is 2.89. The maximum atomic E-state index is 6.15. The average Bonchev–Trinajstić information content (AvgIpc) is 2.95. The van der Waals surface area contributed by atoms with Crippen molar-refractivity contribution < 1.29 is 4.74 Å². The number of halogens is 1. The molecular formula is C17H15ClN2O. The van der Waals surface area contributed by atoms with E-state index >= 15 is 0 Å². The minimum Gasteiger partial charge on any atom is -0.469 e. The molecule has 2 aliphatic rings. The molecule has 4 heteroatoms. The molecule has 0 aliphatic carbocycles. The van der Waals surface area contributed by atoms with Crippen molar-refractivity contribution in [3.8, 4) is 5.75 Å². The highest BCUT2D eigenvalue weighted by Gasteiger charge is 2.38. The Labute approximate surface area is 128 Å². The molecule has 0 unspecified atom stereocenters. The Morgan fingerprint density at radius 2 is 2.00 bits per heavy atom. The first-order valence-electron chi connectivity index (χ1n) is 7.10. The molecule has 0 fully saturated rings. The number of fused-ring (bicyclic) bond motifs is 3. The molecule has 0 amide bonds.